The number of rotatable bonds is 6. The molecule has 8 heteroatoms. The van der Waals surface area contributed by atoms with Crippen molar-refractivity contribution < 1.29 is 0 Å². The molecule has 1 fully saturated rings. The van der Waals surface area contributed by atoms with Crippen molar-refractivity contribution in [2.24, 2.45) is 21.9 Å². The number of nitrogens with two attached hydrogens (primary N) is 2. The second kappa shape index (κ2) is 11.0. The van der Waals surface area contributed by atoms with Gasteiger partial charge < -0.3 is 21.7 Å². The number of aromatic nitrogens is 1. The Hall–Kier alpha value is -2.38. The smallest absolute Gasteiger partial charge is 0.195 e. The van der Waals surface area contributed by atoms with E-state index in [0.29, 0.717) is 27.2 Å². The number of thioether (sulfide) groups is 1. The molecule has 2 heterocycles. The average molecular weight is 473 g/mol. The zero-order valence-electron chi connectivity index (χ0n) is 19.1. The Kier molecular flexibility index (Phi) is 8.32. The van der Waals surface area contributed by atoms with E-state index in [9.17, 15) is 0 Å². The fourth-order valence-corrected chi connectivity index (χ4v) is 5.38. The summed E-state index contributed by atoms with van der Waals surface area (Å²) in [4.78, 5) is 11.6. The summed E-state index contributed by atoms with van der Waals surface area (Å²) in [5, 5.41) is 4.02. The Balaban J connectivity index is 1.57. The van der Waals surface area contributed by atoms with Gasteiger partial charge in [-0.05, 0) is 56.6 Å². The summed E-state index contributed by atoms with van der Waals surface area (Å²) in [5.74, 6) is 1.13. The first kappa shape index (κ1) is 24.3. The summed E-state index contributed by atoms with van der Waals surface area (Å²) < 4.78 is 0. The van der Waals surface area contributed by atoms with Gasteiger partial charge in [-0.25, -0.2) is 9.98 Å². The first-order valence-electron chi connectivity index (χ1n) is 10.9. The van der Waals surface area contributed by atoms with E-state index in [0.717, 1.165) is 37.2 Å². The molecule has 1 spiro atoms. The molecule has 0 saturated carbocycles. The highest BCUT2D eigenvalue weighted by Gasteiger charge is 2.39. The van der Waals surface area contributed by atoms with Gasteiger partial charge in [0.15, 0.2) is 5.96 Å². The highest BCUT2D eigenvalue weighted by atomic mass is 35.5. The lowest BCUT2D eigenvalue weighted by Gasteiger charge is -2.40. The van der Waals surface area contributed by atoms with E-state index in [1.54, 1.807) is 19.4 Å². The Bertz CT molecular complexity index is 971. The zero-order chi connectivity index (χ0) is 23.1. The molecule has 0 amide bonds. The number of piperidine rings is 1. The predicted octanol–water partition coefficient (Wildman–Crippen LogP) is 5.27. The van der Waals surface area contributed by atoms with Gasteiger partial charge in [-0.1, -0.05) is 53.2 Å². The van der Waals surface area contributed by atoms with Crippen LogP contribution in [0.25, 0.3) is 0 Å². The maximum absolute atomic E-state index is 6.34. The summed E-state index contributed by atoms with van der Waals surface area (Å²) in [6.45, 7) is 6.14. The van der Waals surface area contributed by atoms with Crippen molar-refractivity contribution in [3.8, 4) is 0 Å². The number of nitrogens with zero attached hydrogens (tertiary/aromatic N) is 3. The monoisotopic (exact) mass is 472 g/mol. The maximum Gasteiger partial charge on any atom is 0.195 e. The lowest BCUT2D eigenvalue weighted by molar-refractivity contribution is 0.157. The van der Waals surface area contributed by atoms with Crippen LogP contribution in [0.4, 0.5) is 5.82 Å². The van der Waals surface area contributed by atoms with Crippen molar-refractivity contribution in [3.63, 3.8) is 0 Å². The second-order valence-electron chi connectivity index (χ2n) is 8.37. The maximum atomic E-state index is 6.34. The standard InChI is InChI=1S/C24H33ClN6S/c1-4-5-6-7-18-15-24(14-17(18)2)9-12-31(13-10-24)23(27)30-16-20(26)32-19-8-11-29-22(28-3)21(19)25/h4-8,11,16H,9-10,12-15,26H2,1-3H3,(H2,27,30)(H,28,29)/b5-4-,7-6-,20-16+. The van der Waals surface area contributed by atoms with Crippen molar-refractivity contribution in [2.75, 3.05) is 25.5 Å². The van der Waals surface area contributed by atoms with Crippen molar-refractivity contribution in [1.82, 2.24) is 9.88 Å². The van der Waals surface area contributed by atoms with Crippen molar-refractivity contribution in [3.05, 3.63) is 64.0 Å². The molecule has 2 aliphatic rings. The number of hydrogen-bond acceptors (Lipinski definition) is 5. The molecule has 1 aromatic rings. The van der Waals surface area contributed by atoms with E-state index >= 15 is 0 Å². The van der Waals surface area contributed by atoms with E-state index < -0.39 is 0 Å². The van der Waals surface area contributed by atoms with Crippen molar-refractivity contribution in [1.29, 1.82) is 0 Å². The van der Waals surface area contributed by atoms with Gasteiger partial charge in [0.25, 0.3) is 0 Å². The Morgan fingerprint density at radius 3 is 2.72 bits per heavy atom. The number of allylic oxidation sites excluding steroid dienone is 6. The lowest BCUT2D eigenvalue weighted by Crippen LogP contribution is -2.45. The van der Waals surface area contributed by atoms with E-state index in [4.69, 9.17) is 23.1 Å². The number of guanidine groups is 1. The minimum atomic E-state index is 0.365. The van der Waals surface area contributed by atoms with E-state index in [2.05, 4.69) is 51.4 Å². The van der Waals surface area contributed by atoms with Gasteiger partial charge in [-0.2, -0.15) is 0 Å². The van der Waals surface area contributed by atoms with Crippen LogP contribution in [0, 0.1) is 5.41 Å². The summed E-state index contributed by atoms with van der Waals surface area (Å²) in [5.41, 5.74) is 15.8. The second-order valence-corrected chi connectivity index (χ2v) is 9.87. The summed E-state index contributed by atoms with van der Waals surface area (Å²) in [6, 6.07) is 1.82. The molecular weight excluding hydrogens is 440 g/mol. The first-order chi connectivity index (χ1) is 15.4. The number of nitrogens with one attached hydrogen (secondary N) is 1. The van der Waals surface area contributed by atoms with Gasteiger partial charge in [-0.3, -0.25) is 0 Å². The Morgan fingerprint density at radius 2 is 2.03 bits per heavy atom. The molecule has 3 rings (SSSR count). The van der Waals surface area contributed by atoms with Crippen LogP contribution in [0.1, 0.15) is 39.5 Å². The van der Waals surface area contributed by atoms with Gasteiger partial charge in [0.1, 0.15) is 5.82 Å². The largest absolute Gasteiger partial charge is 0.392 e. The van der Waals surface area contributed by atoms with Crippen LogP contribution in [-0.4, -0.2) is 36.0 Å². The average Bonchev–Trinajstić information content (AvgIpc) is 3.08. The molecular formula is C24H33ClN6S. The number of likely N-dealkylation sites (tertiary alicyclic amines) is 1. The van der Waals surface area contributed by atoms with Crippen LogP contribution < -0.4 is 16.8 Å². The quantitative estimate of drug-likeness (QED) is 0.226. The topological polar surface area (TPSA) is 92.6 Å². The highest BCUT2D eigenvalue weighted by molar-refractivity contribution is 8.03. The minimum Gasteiger partial charge on any atom is -0.392 e. The predicted molar refractivity (Wildman–Crippen MR) is 138 cm³/mol. The summed E-state index contributed by atoms with van der Waals surface area (Å²) in [6.07, 6.45) is 16.4. The molecule has 0 atom stereocenters. The first-order valence-corrected chi connectivity index (χ1v) is 12.1. The van der Waals surface area contributed by atoms with Crippen LogP contribution in [0.5, 0.6) is 0 Å². The number of halogens is 1. The summed E-state index contributed by atoms with van der Waals surface area (Å²) >= 11 is 7.69. The minimum absolute atomic E-state index is 0.365. The summed E-state index contributed by atoms with van der Waals surface area (Å²) in [7, 11) is 1.78. The van der Waals surface area contributed by atoms with Gasteiger partial charge in [0.2, 0.25) is 0 Å². The molecule has 1 aromatic heterocycles. The van der Waals surface area contributed by atoms with E-state index in [1.165, 1.54) is 29.3 Å². The third-order valence-corrected chi connectivity index (χ3v) is 7.54. The van der Waals surface area contributed by atoms with Crippen LogP contribution in [0.15, 0.2) is 68.8 Å². The number of pyridine rings is 1. The third-order valence-electron chi connectivity index (χ3n) is 6.15. The molecule has 0 radical (unpaired) electrons. The van der Waals surface area contributed by atoms with Crippen LogP contribution in [-0.2, 0) is 0 Å². The number of hydrogen-bond donors (Lipinski definition) is 3. The molecule has 172 valence electrons. The van der Waals surface area contributed by atoms with Crippen LogP contribution in [0.2, 0.25) is 5.02 Å². The zero-order valence-corrected chi connectivity index (χ0v) is 20.6. The van der Waals surface area contributed by atoms with E-state index in [1.807, 2.05) is 13.0 Å². The molecule has 0 unspecified atom stereocenters. The number of aliphatic imine (C=N–C) groups is 1. The number of anilines is 1. The Labute approximate surface area is 200 Å². The molecule has 1 saturated heterocycles. The molecule has 1 aliphatic heterocycles. The normalized spacial score (nSPS) is 19.7. The molecule has 1 aliphatic carbocycles. The van der Waals surface area contributed by atoms with E-state index in [-0.39, 0.29) is 0 Å². The fraction of sp³-hybridized carbons (Fsp3) is 0.417. The molecule has 0 bridgehead atoms. The van der Waals surface area contributed by atoms with Crippen LogP contribution >= 0.6 is 23.4 Å². The van der Waals surface area contributed by atoms with Crippen molar-refractivity contribution in [2.45, 2.75) is 44.4 Å². The molecule has 0 aromatic carbocycles. The fourth-order valence-electron chi connectivity index (χ4n) is 4.39. The molecule has 6 nitrogen and oxygen atoms in total. The van der Waals surface area contributed by atoms with Crippen molar-refractivity contribution >= 4 is 35.1 Å². The molecule has 5 N–H and O–H groups in total. The van der Waals surface area contributed by atoms with Gasteiger partial charge >= 0.3 is 0 Å². The highest BCUT2D eigenvalue weighted by Crippen LogP contribution is 2.49. The molecule has 32 heavy (non-hydrogen) atoms. The lowest BCUT2D eigenvalue weighted by atomic mass is 9.75. The Morgan fingerprint density at radius 1 is 1.28 bits per heavy atom. The SMILES string of the molecule is C/C=C\C=C/C1=C(C)CC2(CCN(C(N)=N/C=C(\N)Sc3ccnc(NC)c3Cl)CC2)C1. The van der Waals surface area contributed by atoms with Gasteiger partial charge in [0.05, 0.1) is 16.3 Å². The third kappa shape index (κ3) is 5.90. The van der Waals surface area contributed by atoms with Gasteiger partial charge in [0, 0.05) is 31.2 Å². The van der Waals surface area contributed by atoms with Gasteiger partial charge in [-0.15, -0.1) is 0 Å². The van der Waals surface area contributed by atoms with Crippen LogP contribution in [0.3, 0.4) is 0 Å².